The van der Waals surface area contributed by atoms with Crippen molar-refractivity contribution in [1.82, 2.24) is 5.32 Å². The largest absolute Gasteiger partial charge is 0.472 e. The highest BCUT2D eigenvalue weighted by molar-refractivity contribution is 5.94. The maximum Gasteiger partial charge on any atom is 0.331 e. The Labute approximate surface area is 246 Å². The molecule has 2 unspecified atom stereocenters. The number of benzene rings is 1. The van der Waals surface area contributed by atoms with Crippen LogP contribution in [0.3, 0.4) is 0 Å². The van der Waals surface area contributed by atoms with Crippen molar-refractivity contribution in [1.29, 1.82) is 0 Å². The number of rotatable bonds is 8. The van der Waals surface area contributed by atoms with Crippen molar-refractivity contribution in [3.05, 3.63) is 71.5 Å². The summed E-state index contributed by atoms with van der Waals surface area (Å²) in [6, 6.07) is 8.37. The van der Waals surface area contributed by atoms with Gasteiger partial charge in [0.25, 0.3) is 0 Å². The number of carbonyl (C=O) groups is 2. The Morgan fingerprint density at radius 2 is 1.81 bits per heavy atom. The van der Waals surface area contributed by atoms with Gasteiger partial charge in [0.2, 0.25) is 0 Å². The average Bonchev–Trinajstić information content (AvgIpc) is 3.56. The lowest BCUT2D eigenvalue weighted by atomic mass is 9.40. The van der Waals surface area contributed by atoms with E-state index in [0.717, 1.165) is 29.7 Å². The number of ether oxygens (including phenoxy) is 2. The number of nitrogens with one attached hydrogen (secondary N) is 1. The number of hydrogen-bond donors (Lipinski definition) is 2. The van der Waals surface area contributed by atoms with Crippen molar-refractivity contribution in [3.8, 4) is 0 Å². The van der Waals surface area contributed by atoms with Crippen LogP contribution >= 0.6 is 0 Å². The number of fused-ring (bicyclic) bond motifs is 5. The smallest absolute Gasteiger partial charge is 0.331 e. The number of furan rings is 1. The second kappa shape index (κ2) is 10.4. The van der Waals surface area contributed by atoms with E-state index in [2.05, 4.69) is 12.2 Å². The average molecular weight is 580 g/mol. The normalized spacial score (nSPS) is 37.0. The molecule has 1 aromatic carbocycles. The number of aliphatic hydroxyl groups is 1. The summed E-state index contributed by atoms with van der Waals surface area (Å²) in [6.07, 6.45) is 7.08. The van der Waals surface area contributed by atoms with Crippen molar-refractivity contribution in [2.45, 2.75) is 77.6 Å². The predicted molar refractivity (Wildman–Crippen MR) is 154 cm³/mol. The topological polar surface area (TPSA) is 98.0 Å². The van der Waals surface area contributed by atoms with Gasteiger partial charge in [0.15, 0.2) is 0 Å². The van der Waals surface area contributed by atoms with Crippen LogP contribution in [-0.4, -0.2) is 48.3 Å². The van der Waals surface area contributed by atoms with Gasteiger partial charge < -0.3 is 24.3 Å². The molecule has 42 heavy (non-hydrogen) atoms. The molecule has 2 N–H and O–H groups in total. The first-order valence-electron chi connectivity index (χ1n) is 15.2. The maximum atomic E-state index is 14.3. The Hall–Kier alpha value is -2.81. The van der Waals surface area contributed by atoms with Gasteiger partial charge in [-0.3, -0.25) is 4.79 Å². The Balaban J connectivity index is 1.29. The van der Waals surface area contributed by atoms with E-state index in [1.807, 2.05) is 26.8 Å². The summed E-state index contributed by atoms with van der Waals surface area (Å²) in [4.78, 5) is 27.3. The van der Waals surface area contributed by atoms with Gasteiger partial charge in [-0.25, -0.2) is 9.18 Å². The molecule has 226 valence electrons. The van der Waals surface area contributed by atoms with Gasteiger partial charge >= 0.3 is 5.97 Å². The highest BCUT2D eigenvalue weighted by Crippen LogP contribution is 2.71. The third-order valence-corrected chi connectivity index (χ3v) is 11.3. The van der Waals surface area contributed by atoms with Crippen molar-refractivity contribution < 1.29 is 33.0 Å². The van der Waals surface area contributed by atoms with Crippen LogP contribution in [0.2, 0.25) is 0 Å². The fourth-order valence-electron chi connectivity index (χ4n) is 9.27. The predicted octanol–water partition coefficient (Wildman–Crippen LogP) is 5.33. The molecular weight excluding hydrogens is 537 g/mol. The van der Waals surface area contributed by atoms with Crippen LogP contribution in [0.25, 0.3) is 0 Å². The first-order chi connectivity index (χ1) is 20.0. The molecule has 7 atom stereocenters. The Bertz CT molecular complexity index is 1370. The van der Waals surface area contributed by atoms with Gasteiger partial charge in [-0.05, 0) is 94.8 Å². The van der Waals surface area contributed by atoms with Crippen molar-refractivity contribution >= 4 is 11.8 Å². The fraction of sp³-hybridized carbons (Fsp3) is 0.588. The highest BCUT2D eigenvalue weighted by atomic mass is 19.1. The molecule has 1 aromatic heterocycles. The zero-order chi connectivity index (χ0) is 29.9. The lowest BCUT2D eigenvalue weighted by Crippen LogP contribution is -2.64. The quantitative estimate of drug-likeness (QED) is 0.322. The number of cyclic esters (lactones) is 1. The van der Waals surface area contributed by atoms with Crippen molar-refractivity contribution in [2.75, 3.05) is 19.7 Å². The molecule has 7 nitrogen and oxygen atoms in total. The lowest BCUT2D eigenvalue weighted by Gasteiger charge is -2.63. The molecule has 0 radical (unpaired) electrons. The lowest BCUT2D eigenvalue weighted by molar-refractivity contribution is -0.171. The molecule has 2 aromatic rings. The molecule has 2 aliphatic carbocycles. The molecule has 8 heteroatoms. The third kappa shape index (κ3) is 4.32. The summed E-state index contributed by atoms with van der Waals surface area (Å²) < 4.78 is 31.2. The van der Waals surface area contributed by atoms with Gasteiger partial charge in [0.1, 0.15) is 17.7 Å². The van der Waals surface area contributed by atoms with Crippen LogP contribution in [-0.2, 0) is 25.5 Å². The van der Waals surface area contributed by atoms with Crippen LogP contribution in [0.4, 0.5) is 4.39 Å². The van der Waals surface area contributed by atoms with Gasteiger partial charge in [0, 0.05) is 34.8 Å². The molecule has 0 bridgehead atoms. The first kappa shape index (κ1) is 29.3. The van der Waals surface area contributed by atoms with E-state index in [0.29, 0.717) is 25.8 Å². The van der Waals surface area contributed by atoms with Gasteiger partial charge in [-0.2, -0.15) is 0 Å². The molecule has 6 rings (SSSR count). The van der Waals surface area contributed by atoms with E-state index in [-0.39, 0.29) is 42.6 Å². The molecule has 0 amide bonds. The minimum atomic E-state index is -0.939. The molecule has 3 heterocycles. The Morgan fingerprint density at radius 1 is 1.05 bits per heavy atom. The molecule has 4 aliphatic rings. The summed E-state index contributed by atoms with van der Waals surface area (Å²) in [5, 5.41) is 14.8. The number of halogens is 1. The summed E-state index contributed by atoms with van der Waals surface area (Å²) in [7, 11) is 0. The van der Waals surface area contributed by atoms with Crippen LogP contribution in [0, 0.1) is 33.9 Å². The van der Waals surface area contributed by atoms with E-state index >= 15 is 0 Å². The fourth-order valence-corrected chi connectivity index (χ4v) is 9.27. The van der Waals surface area contributed by atoms with E-state index in [1.54, 1.807) is 30.7 Å². The standard InChI is InChI=1S/C34H42FNO6/c1-31(2)25-17-27(38)33(4)24(9-13-32(3)26(33)18-29(39)41-30(32)22-12-16-40-19-22)34(25,20-37)28(42-31)11-15-36-14-10-21-5-7-23(35)8-6-21/h5-8,12,16,18-19,24-25,28,30,36-37H,9-11,13-15,17,20H2,1-4H3/t24-,25-,28?,30-,32+,33+,34?/m0/s1. The van der Waals surface area contributed by atoms with Gasteiger partial charge in [-0.15, -0.1) is 0 Å². The molecular formula is C34H42FNO6. The van der Waals surface area contributed by atoms with Crippen LogP contribution < -0.4 is 5.32 Å². The minimum Gasteiger partial charge on any atom is -0.472 e. The van der Waals surface area contributed by atoms with Crippen LogP contribution in [0.1, 0.15) is 70.6 Å². The van der Waals surface area contributed by atoms with E-state index in [9.17, 15) is 19.1 Å². The van der Waals surface area contributed by atoms with E-state index in [4.69, 9.17) is 13.9 Å². The molecule has 0 spiro atoms. The van der Waals surface area contributed by atoms with Gasteiger partial charge in [-0.1, -0.05) is 19.1 Å². The highest BCUT2D eigenvalue weighted by Gasteiger charge is 2.73. The number of esters is 1. The second-order valence-electron chi connectivity index (χ2n) is 13.7. The summed E-state index contributed by atoms with van der Waals surface area (Å²) in [5.41, 5.74) is -0.0795. The molecule has 2 saturated carbocycles. The zero-order valence-corrected chi connectivity index (χ0v) is 25.0. The summed E-state index contributed by atoms with van der Waals surface area (Å²) in [5.74, 6) is -0.921. The molecule has 3 fully saturated rings. The van der Waals surface area contributed by atoms with Crippen LogP contribution in [0.5, 0.6) is 0 Å². The molecule has 1 saturated heterocycles. The number of hydrogen-bond acceptors (Lipinski definition) is 7. The monoisotopic (exact) mass is 579 g/mol. The first-order valence-corrected chi connectivity index (χ1v) is 15.2. The summed E-state index contributed by atoms with van der Waals surface area (Å²) in [6.45, 7) is 9.49. The number of carbonyl (C=O) groups excluding carboxylic acids is 2. The second-order valence-corrected chi connectivity index (χ2v) is 13.7. The minimum absolute atomic E-state index is 0.0888. The number of ketones is 1. The zero-order valence-electron chi connectivity index (χ0n) is 25.0. The maximum absolute atomic E-state index is 14.3. The molecule has 2 aliphatic heterocycles. The Morgan fingerprint density at radius 3 is 2.50 bits per heavy atom. The third-order valence-electron chi connectivity index (χ3n) is 11.3. The van der Waals surface area contributed by atoms with Crippen LogP contribution in [0.15, 0.2) is 58.9 Å². The van der Waals surface area contributed by atoms with E-state index < -0.39 is 33.9 Å². The van der Waals surface area contributed by atoms with Crippen molar-refractivity contribution in [2.24, 2.45) is 28.1 Å². The van der Waals surface area contributed by atoms with Gasteiger partial charge in [0.05, 0.1) is 36.3 Å². The SMILES string of the molecule is CC1(C)OC(CCNCCc2ccc(F)cc2)C2(CO)[C@H]3CC[C@]4(C)C(=CC(=O)O[C@H]4c4ccoc4)[C@]3(C)C(=O)C[C@@H]12. The van der Waals surface area contributed by atoms with E-state index in [1.165, 1.54) is 12.1 Å². The Kier molecular flexibility index (Phi) is 7.26. The number of aliphatic hydroxyl groups excluding tert-OH is 1. The van der Waals surface area contributed by atoms with Crippen molar-refractivity contribution in [3.63, 3.8) is 0 Å². The summed E-state index contributed by atoms with van der Waals surface area (Å²) >= 11 is 0. The number of Topliss-reactive ketones (excluding diaryl/α,β-unsaturated/α-hetero) is 1.